The normalized spacial score (nSPS) is 11.2. The highest BCUT2D eigenvalue weighted by molar-refractivity contribution is 7.22. The summed E-state index contributed by atoms with van der Waals surface area (Å²) in [4.78, 5) is 35.3. The lowest BCUT2D eigenvalue weighted by molar-refractivity contribution is -0.121. The lowest BCUT2D eigenvalue weighted by Crippen LogP contribution is -2.32. The Morgan fingerprint density at radius 2 is 2.13 bits per heavy atom. The van der Waals surface area contributed by atoms with Crippen LogP contribution in [0.25, 0.3) is 32.4 Å². The number of unbranched alkanes of at least 4 members (excludes halogenated alkanes) is 1. The zero-order valence-electron chi connectivity index (χ0n) is 17.6. The van der Waals surface area contributed by atoms with Gasteiger partial charge in [0.15, 0.2) is 0 Å². The van der Waals surface area contributed by atoms with Gasteiger partial charge in [0.2, 0.25) is 11.7 Å². The van der Waals surface area contributed by atoms with Crippen molar-refractivity contribution in [3.05, 3.63) is 52.1 Å². The van der Waals surface area contributed by atoms with Crippen LogP contribution in [-0.2, 0) is 11.3 Å². The maximum Gasteiger partial charge on any atom is 0.268 e. The first-order chi connectivity index (χ1) is 15.0. The average Bonchev–Trinajstić information content (AvgIpc) is 3.35. The second kappa shape index (κ2) is 8.81. The molecule has 0 atom stereocenters. The number of thiophene rings is 1. The molecule has 4 rings (SSSR count). The summed E-state index contributed by atoms with van der Waals surface area (Å²) in [6, 6.07) is 7.85. The van der Waals surface area contributed by atoms with Gasteiger partial charge in [-0.3, -0.25) is 14.2 Å². The molecule has 0 aliphatic heterocycles. The fourth-order valence-corrected chi connectivity index (χ4v) is 4.37. The number of carbonyl (C=O) groups excluding carboxylic acids is 1. The van der Waals surface area contributed by atoms with Gasteiger partial charge in [0.1, 0.15) is 11.4 Å². The summed E-state index contributed by atoms with van der Waals surface area (Å²) < 4.78 is 6.83. The van der Waals surface area contributed by atoms with E-state index in [1.807, 2.05) is 38.1 Å². The molecule has 0 radical (unpaired) electrons. The quantitative estimate of drug-likeness (QED) is 0.442. The minimum atomic E-state index is -0.255. The molecule has 0 saturated carbocycles. The van der Waals surface area contributed by atoms with Crippen LogP contribution in [0, 0.1) is 13.8 Å². The fourth-order valence-electron chi connectivity index (χ4n) is 3.31. The van der Waals surface area contributed by atoms with E-state index in [1.54, 1.807) is 0 Å². The van der Waals surface area contributed by atoms with Crippen molar-refractivity contribution < 1.29 is 9.32 Å². The smallest absolute Gasteiger partial charge is 0.268 e. The monoisotopic (exact) mass is 437 g/mol. The predicted molar refractivity (Wildman–Crippen MR) is 120 cm³/mol. The first-order valence-corrected chi connectivity index (χ1v) is 11.0. The van der Waals surface area contributed by atoms with Gasteiger partial charge < -0.3 is 9.84 Å². The van der Waals surface area contributed by atoms with E-state index in [9.17, 15) is 9.59 Å². The predicted octanol–water partition coefficient (Wildman–Crippen LogP) is 3.71. The largest absolute Gasteiger partial charge is 0.355 e. The molecule has 4 aromatic rings. The first-order valence-electron chi connectivity index (χ1n) is 10.1. The Labute approximate surface area is 182 Å². The fraction of sp³-hybridized carbons (Fsp3) is 0.318. The maximum absolute atomic E-state index is 13.0. The summed E-state index contributed by atoms with van der Waals surface area (Å²) in [5.41, 5.74) is 2.43. The van der Waals surface area contributed by atoms with Gasteiger partial charge in [-0.05, 0) is 31.9 Å². The number of aryl methyl sites for hydroxylation is 2. The number of fused-ring (bicyclic) bond motifs is 1. The summed E-state index contributed by atoms with van der Waals surface area (Å²) in [6.07, 6.45) is 3.31. The molecule has 160 valence electrons. The van der Waals surface area contributed by atoms with E-state index < -0.39 is 0 Å². The highest BCUT2D eigenvalue weighted by Gasteiger charge is 2.21. The van der Waals surface area contributed by atoms with E-state index >= 15 is 0 Å². The maximum atomic E-state index is 13.0. The molecule has 0 unspecified atom stereocenters. The molecule has 0 bridgehead atoms. The second-order valence-electron chi connectivity index (χ2n) is 7.41. The van der Waals surface area contributed by atoms with Crippen LogP contribution in [0.1, 0.15) is 30.9 Å². The van der Waals surface area contributed by atoms with Gasteiger partial charge in [0.05, 0.1) is 16.6 Å². The zero-order chi connectivity index (χ0) is 22.0. The van der Waals surface area contributed by atoms with Crippen LogP contribution < -0.4 is 10.9 Å². The molecule has 1 amide bonds. The van der Waals surface area contributed by atoms with E-state index in [2.05, 4.69) is 27.4 Å². The summed E-state index contributed by atoms with van der Waals surface area (Å²) in [5, 5.41) is 7.38. The van der Waals surface area contributed by atoms with Gasteiger partial charge in [0, 0.05) is 12.1 Å². The molecule has 3 aromatic heterocycles. The summed E-state index contributed by atoms with van der Waals surface area (Å²) in [6.45, 7) is 6.43. The number of rotatable bonds is 7. The molecular formula is C22H23N5O3S. The van der Waals surface area contributed by atoms with E-state index in [4.69, 9.17) is 4.52 Å². The molecule has 0 fully saturated rings. The van der Waals surface area contributed by atoms with Crippen molar-refractivity contribution in [1.29, 1.82) is 0 Å². The Bertz CT molecular complexity index is 1300. The van der Waals surface area contributed by atoms with Crippen LogP contribution in [0.5, 0.6) is 0 Å². The topological polar surface area (TPSA) is 103 Å². The Balaban J connectivity index is 1.65. The van der Waals surface area contributed by atoms with Crippen molar-refractivity contribution >= 4 is 27.5 Å². The first kappa shape index (κ1) is 20.9. The number of hydrogen-bond donors (Lipinski definition) is 1. The van der Waals surface area contributed by atoms with Crippen LogP contribution in [0.15, 0.2) is 39.9 Å². The number of nitrogens with zero attached hydrogens (tertiary/aromatic N) is 4. The number of aromatic nitrogens is 4. The van der Waals surface area contributed by atoms with Gasteiger partial charge in [0.25, 0.3) is 11.4 Å². The van der Waals surface area contributed by atoms with E-state index in [0.717, 1.165) is 29.5 Å². The second-order valence-corrected chi connectivity index (χ2v) is 8.41. The van der Waals surface area contributed by atoms with Gasteiger partial charge >= 0.3 is 0 Å². The summed E-state index contributed by atoms with van der Waals surface area (Å²) in [7, 11) is 0. The molecule has 31 heavy (non-hydrogen) atoms. The molecule has 0 aliphatic carbocycles. The molecule has 8 nitrogen and oxygen atoms in total. The molecule has 3 heterocycles. The third-order valence-corrected chi connectivity index (χ3v) is 6.17. The lowest BCUT2D eigenvalue weighted by atomic mass is 10.1. The van der Waals surface area contributed by atoms with Crippen molar-refractivity contribution in [2.75, 3.05) is 6.54 Å². The molecule has 0 saturated heterocycles. The van der Waals surface area contributed by atoms with Gasteiger partial charge in [-0.15, -0.1) is 11.3 Å². The van der Waals surface area contributed by atoms with Crippen molar-refractivity contribution in [1.82, 2.24) is 25.0 Å². The lowest BCUT2D eigenvalue weighted by Gasteiger charge is -2.06. The Kier molecular flexibility index (Phi) is 5.94. The number of hydrogen-bond acceptors (Lipinski definition) is 7. The Hall–Kier alpha value is -3.33. The number of carbonyl (C=O) groups is 1. The third kappa shape index (κ3) is 4.27. The molecular weight excluding hydrogens is 414 g/mol. The minimum absolute atomic E-state index is 0.0613. The zero-order valence-corrected chi connectivity index (χ0v) is 18.5. The summed E-state index contributed by atoms with van der Waals surface area (Å²) in [5.74, 6) is 0.634. The minimum Gasteiger partial charge on any atom is -0.355 e. The van der Waals surface area contributed by atoms with Gasteiger partial charge in [-0.2, -0.15) is 4.98 Å². The molecule has 1 aromatic carbocycles. The van der Waals surface area contributed by atoms with E-state index in [-0.39, 0.29) is 18.0 Å². The van der Waals surface area contributed by atoms with Crippen molar-refractivity contribution in [2.24, 2.45) is 0 Å². The van der Waals surface area contributed by atoms with Crippen LogP contribution >= 0.6 is 11.3 Å². The van der Waals surface area contributed by atoms with Crippen LogP contribution in [0.2, 0.25) is 0 Å². The van der Waals surface area contributed by atoms with Crippen LogP contribution in [0.3, 0.4) is 0 Å². The number of amides is 1. The molecule has 0 spiro atoms. The molecule has 1 N–H and O–H groups in total. The molecule has 0 aliphatic rings. The summed E-state index contributed by atoms with van der Waals surface area (Å²) >= 11 is 1.33. The van der Waals surface area contributed by atoms with Crippen molar-refractivity contribution in [3.8, 4) is 22.2 Å². The van der Waals surface area contributed by atoms with E-state index in [1.165, 1.54) is 22.2 Å². The SMILES string of the molecule is CCCCNC(=O)Cn1cnc2sc(-c3nc(-c4cccc(C)c4)no3)c(C)c2c1=O. The van der Waals surface area contributed by atoms with Crippen molar-refractivity contribution in [2.45, 2.75) is 40.2 Å². The third-order valence-electron chi connectivity index (χ3n) is 4.98. The Morgan fingerprint density at radius 3 is 2.90 bits per heavy atom. The van der Waals surface area contributed by atoms with Crippen LogP contribution in [-0.4, -0.2) is 32.1 Å². The Morgan fingerprint density at radius 1 is 1.29 bits per heavy atom. The average molecular weight is 438 g/mol. The highest BCUT2D eigenvalue weighted by Crippen LogP contribution is 2.35. The molecule has 9 heteroatoms. The highest BCUT2D eigenvalue weighted by atomic mass is 32.1. The number of nitrogens with one attached hydrogen (secondary N) is 1. The van der Waals surface area contributed by atoms with Gasteiger partial charge in [-0.25, -0.2) is 4.98 Å². The van der Waals surface area contributed by atoms with Crippen molar-refractivity contribution in [3.63, 3.8) is 0 Å². The van der Waals surface area contributed by atoms with Crippen LogP contribution in [0.4, 0.5) is 0 Å². The standard InChI is InChI=1S/C22H23N5O3S/c1-4-5-9-23-16(28)11-27-12-24-21-17(22(27)29)14(3)18(31-21)20-25-19(26-30-20)15-8-6-7-13(2)10-15/h6-8,10,12H,4-5,9,11H2,1-3H3,(H,23,28). The van der Waals surface area contributed by atoms with E-state index in [0.29, 0.717) is 33.4 Å². The number of benzene rings is 1. The van der Waals surface area contributed by atoms with Gasteiger partial charge in [-0.1, -0.05) is 42.3 Å².